The zero-order chi connectivity index (χ0) is 34.1. The summed E-state index contributed by atoms with van der Waals surface area (Å²) in [5.74, 6) is -2.39. The van der Waals surface area contributed by atoms with Gasteiger partial charge in [0.05, 0.1) is 30.8 Å². The molecule has 0 fully saturated rings. The Labute approximate surface area is 303 Å². The third-order valence-electron chi connectivity index (χ3n) is 7.79. The van der Waals surface area contributed by atoms with Gasteiger partial charge >= 0.3 is 41.5 Å². The van der Waals surface area contributed by atoms with E-state index in [0.29, 0.717) is 33.5 Å². The minimum Gasteiger partial charge on any atom is -1.00 e. The third-order valence-corrected chi connectivity index (χ3v) is 7.79. The van der Waals surface area contributed by atoms with Gasteiger partial charge in [0.1, 0.15) is 11.5 Å². The number of carbonyl (C=O) groups is 3. The van der Waals surface area contributed by atoms with Crippen molar-refractivity contribution in [3.8, 4) is 22.3 Å². The van der Waals surface area contributed by atoms with Gasteiger partial charge in [0, 0.05) is 29.4 Å². The van der Waals surface area contributed by atoms with Gasteiger partial charge in [-0.15, -0.1) is 0 Å². The van der Waals surface area contributed by atoms with E-state index in [-0.39, 0.29) is 75.3 Å². The Balaban J connectivity index is 0.00000417. The first-order valence-corrected chi connectivity index (χ1v) is 15.7. The van der Waals surface area contributed by atoms with Crippen molar-refractivity contribution in [1.82, 2.24) is 9.88 Å². The summed E-state index contributed by atoms with van der Waals surface area (Å²) in [7, 11) is 0. The van der Waals surface area contributed by atoms with Crippen molar-refractivity contribution in [2.24, 2.45) is 0 Å². The molecule has 4 N–H and O–H groups in total. The molecule has 250 valence electrons. The van der Waals surface area contributed by atoms with Crippen LogP contribution in [0.15, 0.2) is 78.9 Å². The van der Waals surface area contributed by atoms with Crippen LogP contribution in [0.5, 0.6) is 0 Å². The summed E-state index contributed by atoms with van der Waals surface area (Å²) >= 11 is 0. The maximum absolute atomic E-state index is 14.3. The van der Waals surface area contributed by atoms with E-state index in [0.717, 1.165) is 11.3 Å². The minimum absolute atomic E-state index is 0. The zero-order valence-corrected chi connectivity index (χ0v) is 29.8. The molecule has 1 amide bonds. The summed E-state index contributed by atoms with van der Waals surface area (Å²) in [5, 5.41) is 33.0. The molecule has 0 bridgehead atoms. The second kappa shape index (κ2) is 18.1. The van der Waals surface area contributed by atoms with Crippen molar-refractivity contribution in [2.45, 2.75) is 71.2 Å². The minimum atomic E-state index is -1.21. The van der Waals surface area contributed by atoms with Gasteiger partial charge in [0.2, 0.25) is 0 Å². The first-order chi connectivity index (χ1) is 22.5. The first kappa shape index (κ1) is 38.6. The van der Waals surface area contributed by atoms with Gasteiger partial charge < -0.3 is 31.4 Å². The Morgan fingerprint density at radius 2 is 1.58 bits per heavy atom. The van der Waals surface area contributed by atoms with Gasteiger partial charge in [0.25, 0.3) is 5.91 Å². The summed E-state index contributed by atoms with van der Waals surface area (Å²) in [4.78, 5) is 37.6. The largest absolute Gasteiger partial charge is 1.00 e. The molecule has 3 aromatic carbocycles. The van der Waals surface area contributed by atoms with E-state index in [1.54, 1.807) is 43.3 Å². The van der Waals surface area contributed by atoms with Crippen molar-refractivity contribution < 1.29 is 69.8 Å². The van der Waals surface area contributed by atoms with Gasteiger partial charge in [-0.25, -0.2) is 9.18 Å². The number of carbonyl (C=O) groups excluding carboxylic acids is 2. The Bertz CT molecular complexity index is 1700. The molecule has 1 heterocycles. The van der Waals surface area contributed by atoms with E-state index in [4.69, 9.17) is 9.84 Å². The van der Waals surface area contributed by atoms with Crippen LogP contribution in [0, 0.1) is 5.82 Å². The second-order valence-electron chi connectivity index (χ2n) is 11.7. The predicted octanol–water partition coefficient (Wildman–Crippen LogP) is 3.28. The fourth-order valence-corrected chi connectivity index (χ4v) is 5.80. The standard InChI is InChI=1S/C37H41FN2O7.Na.H/c1-4-47-37(46)27-12-8-9-24(19-27)22-39-36(45)35-34(25-10-6-5-7-11-25)33(26-13-15-28(38)16-14-26)31(40(35)23(2)3)18-17-29(41)20-30(42)21-32(43)44;;/h5-16,19,23,29-30,41-42H,4,17-18,20-22H2,1-3H3,(H,39,45)(H,43,44);;/q;+1;-1/t29-,30-;;/m1../s1. The number of aliphatic carboxylic acids is 1. The number of esters is 1. The number of rotatable bonds is 15. The number of carboxylic acid groups (broad SMARTS) is 1. The molecule has 9 nitrogen and oxygen atoms in total. The van der Waals surface area contributed by atoms with Crippen molar-refractivity contribution >= 4 is 17.8 Å². The summed E-state index contributed by atoms with van der Waals surface area (Å²) in [6, 6.07) is 22.1. The number of ether oxygens (including phenoxy) is 1. The maximum Gasteiger partial charge on any atom is 1.00 e. The molecule has 0 spiro atoms. The summed E-state index contributed by atoms with van der Waals surface area (Å²) in [6.07, 6.45) is -2.36. The maximum atomic E-state index is 14.3. The van der Waals surface area contributed by atoms with Crippen molar-refractivity contribution in [3.05, 3.63) is 107 Å². The fourth-order valence-electron chi connectivity index (χ4n) is 5.80. The van der Waals surface area contributed by atoms with Crippen LogP contribution in [0.3, 0.4) is 0 Å². The number of hydrogen-bond donors (Lipinski definition) is 4. The molecule has 0 saturated heterocycles. The summed E-state index contributed by atoms with van der Waals surface area (Å²) in [5.41, 5.74) is 4.97. The van der Waals surface area contributed by atoms with Gasteiger partial charge in [-0.2, -0.15) is 0 Å². The van der Waals surface area contributed by atoms with Crippen molar-refractivity contribution in [3.63, 3.8) is 0 Å². The molecule has 11 heteroatoms. The molecule has 0 aliphatic heterocycles. The van der Waals surface area contributed by atoms with Gasteiger partial charge in [-0.3, -0.25) is 9.59 Å². The van der Waals surface area contributed by atoms with Crippen LogP contribution >= 0.6 is 0 Å². The molecule has 4 aromatic rings. The quantitative estimate of drug-likeness (QED) is 0.113. The summed E-state index contributed by atoms with van der Waals surface area (Å²) in [6.45, 7) is 5.99. The molecule has 48 heavy (non-hydrogen) atoms. The molecular weight excluding hydrogens is 626 g/mol. The van der Waals surface area contributed by atoms with Crippen LogP contribution < -0.4 is 34.9 Å². The number of hydrogen-bond acceptors (Lipinski definition) is 6. The van der Waals surface area contributed by atoms with E-state index in [1.807, 2.05) is 48.7 Å². The predicted molar refractivity (Wildman–Crippen MR) is 178 cm³/mol. The van der Waals surface area contributed by atoms with E-state index >= 15 is 0 Å². The Morgan fingerprint density at radius 3 is 2.21 bits per heavy atom. The van der Waals surface area contributed by atoms with Crippen LogP contribution in [0.25, 0.3) is 22.3 Å². The first-order valence-electron chi connectivity index (χ1n) is 15.7. The van der Waals surface area contributed by atoms with Crippen molar-refractivity contribution in [2.75, 3.05) is 6.61 Å². The molecule has 2 atom stereocenters. The second-order valence-corrected chi connectivity index (χ2v) is 11.7. The number of benzene rings is 3. The molecule has 4 rings (SSSR count). The van der Waals surface area contributed by atoms with Crippen LogP contribution in [0.4, 0.5) is 4.39 Å². The molecule has 0 unspecified atom stereocenters. The average molecular weight is 669 g/mol. The molecule has 0 saturated carbocycles. The van der Waals surface area contributed by atoms with Crippen LogP contribution in [-0.4, -0.2) is 56.5 Å². The number of nitrogens with zero attached hydrogens (tertiary/aromatic N) is 1. The van der Waals surface area contributed by atoms with Crippen LogP contribution in [-0.2, 0) is 22.5 Å². The van der Waals surface area contributed by atoms with Crippen LogP contribution in [0.2, 0.25) is 0 Å². The number of carboxylic acids is 1. The number of aliphatic hydroxyl groups is 2. The van der Waals surface area contributed by atoms with E-state index in [9.17, 15) is 29.0 Å². The number of amides is 1. The average Bonchev–Trinajstić information content (AvgIpc) is 3.39. The smallest absolute Gasteiger partial charge is 1.00 e. The van der Waals surface area contributed by atoms with Gasteiger partial charge in [-0.1, -0.05) is 54.6 Å². The monoisotopic (exact) mass is 668 g/mol. The Morgan fingerprint density at radius 1 is 0.917 bits per heavy atom. The third kappa shape index (κ3) is 9.87. The molecule has 1 aromatic heterocycles. The molecular formula is C37H42FN2NaO7. The fraction of sp³-hybridized carbons (Fsp3) is 0.324. The number of nitrogens with one attached hydrogen (secondary N) is 1. The zero-order valence-electron chi connectivity index (χ0n) is 28.8. The molecule has 0 aliphatic carbocycles. The molecule has 0 radical (unpaired) electrons. The number of halogens is 1. The van der Waals surface area contributed by atoms with Crippen molar-refractivity contribution in [1.29, 1.82) is 0 Å². The van der Waals surface area contributed by atoms with E-state index in [2.05, 4.69) is 5.32 Å². The number of aliphatic hydroxyl groups excluding tert-OH is 2. The van der Waals surface area contributed by atoms with Gasteiger partial charge in [-0.05, 0) is 81.0 Å². The van der Waals surface area contributed by atoms with E-state index in [1.165, 1.54) is 12.1 Å². The molecule has 0 aliphatic rings. The van der Waals surface area contributed by atoms with Crippen LogP contribution in [0.1, 0.15) is 79.6 Å². The Kier molecular flexibility index (Phi) is 14.6. The van der Waals surface area contributed by atoms with Gasteiger partial charge in [0.15, 0.2) is 0 Å². The normalized spacial score (nSPS) is 12.2. The van der Waals surface area contributed by atoms with E-state index < -0.39 is 36.4 Å². The topological polar surface area (TPSA) is 138 Å². The Hall–Kier alpha value is -3.80. The summed E-state index contributed by atoms with van der Waals surface area (Å²) < 4.78 is 21.2. The SMILES string of the molecule is CCOC(=O)c1cccc(CNC(=O)c2c(-c3ccccc3)c(-c3ccc(F)cc3)c(CC[C@@H](O)C[C@@H](O)CC(=O)O)n2C(C)C)c1.[H-].[Na+]. The number of aromatic nitrogens is 1.